The van der Waals surface area contributed by atoms with Crippen molar-refractivity contribution >= 4 is 6.21 Å². The van der Waals surface area contributed by atoms with Crippen molar-refractivity contribution in [2.45, 2.75) is 58.3 Å². The summed E-state index contributed by atoms with van der Waals surface area (Å²) in [5.74, 6) is 1.40. The molecule has 2 rings (SSSR count). The van der Waals surface area contributed by atoms with Gasteiger partial charge < -0.3 is 0 Å². The molecule has 0 spiro atoms. The Morgan fingerprint density at radius 3 is 2.71 bits per heavy atom. The quantitative estimate of drug-likeness (QED) is 0.654. The first-order chi connectivity index (χ1) is 8.31. The summed E-state index contributed by atoms with van der Waals surface area (Å²) in [6.45, 7) is 2.33. The van der Waals surface area contributed by atoms with E-state index in [1.54, 1.807) is 0 Å². The molecule has 2 aliphatic carbocycles. The van der Waals surface area contributed by atoms with E-state index in [1.807, 2.05) is 0 Å². The van der Waals surface area contributed by atoms with Gasteiger partial charge in [-0.1, -0.05) is 26.2 Å². The van der Waals surface area contributed by atoms with Gasteiger partial charge in [-0.15, -0.1) is 0 Å². The minimum absolute atomic E-state index is 0.637. The Bertz CT molecular complexity index is 360. The second kappa shape index (κ2) is 6.00. The van der Waals surface area contributed by atoms with E-state index in [1.165, 1.54) is 32.1 Å². The lowest BCUT2D eigenvalue weighted by Gasteiger charge is -2.25. The average molecular weight is 230 g/mol. The summed E-state index contributed by atoms with van der Waals surface area (Å²) in [6, 6.07) is 2.32. The molecule has 2 atom stereocenters. The third-order valence-electron chi connectivity index (χ3n) is 4.17. The maximum atomic E-state index is 9.07. The SMILES string of the molecule is CC1CCCCC1C=NC1=C(C#N)CCCC1. The van der Waals surface area contributed by atoms with Crippen LogP contribution in [-0.4, -0.2) is 6.21 Å². The van der Waals surface area contributed by atoms with Crippen molar-refractivity contribution in [3.05, 3.63) is 11.3 Å². The fourth-order valence-electron chi connectivity index (χ4n) is 2.90. The van der Waals surface area contributed by atoms with E-state index in [4.69, 9.17) is 5.26 Å². The molecule has 92 valence electrons. The van der Waals surface area contributed by atoms with Crippen LogP contribution in [0.2, 0.25) is 0 Å². The van der Waals surface area contributed by atoms with E-state index in [2.05, 4.69) is 24.2 Å². The maximum absolute atomic E-state index is 9.07. The van der Waals surface area contributed by atoms with Crippen molar-refractivity contribution in [3.63, 3.8) is 0 Å². The Kier molecular flexibility index (Phi) is 4.36. The van der Waals surface area contributed by atoms with Gasteiger partial charge in [-0.2, -0.15) is 5.26 Å². The predicted octanol–water partition coefficient (Wildman–Crippen LogP) is 4.24. The monoisotopic (exact) mass is 230 g/mol. The van der Waals surface area contributed by atoms with Gasteiger partial charge in [0.2, 0.25) is 0 Å². The topological polar surface area (TPSA) is 36.1 Å². The first-order valence-electron chi connectivity index (χ1n) is 6.97. The maximum Gasteiger partial charge on any atom is 0.0966 e. The zero-order valence-corrected chi connectivity index (χ0v) is 10.8. The van der Waals surface area contributed by atoms with Gasteiger partial charge in [0.15, 0.2) is 0 Å². The smallest absolute Gasteiger partial charge is 0.0966 e. The van der Waals surface area contributed by atoms with Gasteiger partial charge in [-0.3, -0.25) is 4.99 Å². The Morgan fingerprint density at radius 1 is 1.18 bits per heavy atom. The van der Waals surface area contributed by atoms with Gasteiger partial charge in [0.25, 0.3) is 0 Å². The highest BCUT2D eigenvalue weighted by atomic mass is 14.7. The number of rotatable bonds is 2. The van der Waals surface area contributed by atoms with Gasteiger partial charge in [0.05, 0.1) is 17.3 Å². The number of nitriles is 1. The van der Waals surface area contributed by atoms with Gasteiger partial charge in [0, 0.05) is 6.21 Å². The molecule has 17 heavy (non-hydrogen) atoms. The Labute approximate surface area is 104 Å². The third kappa shape index (κ3) is 3.19. The van der Waals surface area contributed by atoms with Crippen LogP contribution in [0.15, 0.2) is 16.3 Å². The van der Waals surface area contributed by atoms with Crippen LogP contribution in [0, 0.1) is 23.2 Å². The Hall–Kier alpha value is -1.10. The van der Waals surface area contributed by atoms with E-state index < -0.39 is 0 Å². The minimum Gasteiger partial charge on any atom is -0.264 e. The molecule has 1 saturated carbocycles. The summed E-state index contributed by atoms with van der Waals surface area (Å²) in [6.07, 6.45) is 11.7. The second-order valence-corrected chi connectivity index (χ2v) is 5.45. The molecule has 0 aromatic heterocycles. The minimum atomic E-state index is 0.637. The van der Waals surface area contributed by atoms with Gasteiger partial charge in [-0.05, 0) is 43.9 Å². The van der Waals surface area contributed by atoms with Crippen molar-refractivity contribution in [1.29, 1.82) is 5.26 Å². The van der Waals surface area contributed by atoms with E-state index in [0.29, 0.717) is 5.92 Å². The predicted molar refractivity (Wildman–Crippen MR) is 70.7 cm³/mol. The molecule has 0 aliphatic heterocycles. The summed E-state index contributed by atoms with van der Waals surface area (Å²) in [5, 5.41) is 9.07. The van der Waals surface area contributed by atoms with E-state index in [-0.39, 0.29) is 0 Å². The third-order valence-corrected chi connectivity index (χ3v) is 4.17. The molecule has 0 heterocycles. The van der Waals surface area contributed by atoms with E-state index >= 15 is 0 Å². The summed E-state index contributed by atoms with van der Waals surface area (Å²) in [7, 11) is 0. The standard InChI is InChI=1S/C15H22N2/c1-12-6-2-3-8-14(12)11-17-15-9-5-4-7-13(15)10-16/h11-12,14H,2-9H2,1H3. The molecular weight excluding hydrogens is 208 g/mol. The fraction of sp³-hybridized carbons (Fsp3) is 0.733. The van der Waals surface area contributed by atoms with Gasteiger partial charge >= 0.3 is 0 Å². The highest BCUT2D eigenvalue weighted by Gasteiger charge is 2.20. The summed E-state index contributed by atoms with van der Waals surface area (Å²) >= 11 is 0. The molecule has 0 saturated heterocycles. The van der Waals surface area contributed by atoms with Crippen LogP contribution in [0.1, 0.15) is 58.3 Å². The van der Waals surface area contributed by atoms with Crippen LogP contribution < -0.4 is 0 Å². The van der Waals surface area contributed by atoms with E-state index in [9.17, 15) is 0 Å². The number of aliphatic imine (C=N–C) groups is 1. The largest absolute Gasteiger partial charge is 0.264 e. The molecule has 2 aliphatic rings. The molecule has 0 aromatic rings. The molecule has 1 fully saturated rings. The van der Waals surface area contributed by atoms with Crippen LogP contribution in [0.25, 0.3) is 0 Å². The van der Waals surface area contributed by atoms with E-state index in [0.717, 1.165) is 36.5 Å². The molecule has 0 bridgehead atoms. The number of hydrogen-bond acceptors (Lipinski definition) is 2. The number of allylic oxidation sites excluding steroid dienone is 2. The number of hydrogen-bond donors (Lipinski definition) is 0. The molecule has 2 nitrogen and oxygen atoms in total. The lowest BCUT2D eigenvalue weighted by atomic mass is 9.81. The lowest BCUT2D eigenvalue weighted by molar-refractivity contribution is 0.329. The fourth-order valence-corrected chi connectivity index (χ4v) is 2.90. The highest BCUT2D eigenvalue weighted by molar-refractivity contribution is 5.63. The normalized spacial score (nSPS) is 30.6. The molecule has 2 unspecified atom stereocenters. The van der Waals surface area contributed by atoms with Crippen LogP contribution in [0.5, 0.6) is 0 Å². The van der Waals surface area contributed by atoms with Crippen molar-refractivity contribution in [3.8, 4) is 6.07 Å². The second-order valence-electron chi connectivity index (χ2n) is 5.45. The molecule has 0 amide bonds. The van der Waals surface area contributed by atoms with Crippen LogP contribution >= 0.6 is 0 Å². The summed E-state index contributed by atoms with van der Waals surface area (Å²) in [5.41, 5.74) is 1.99. The first kappa shape index (κ1) is 12.4. The van der Waals surface area contributed by atoms with Crippen molar-refractivity contribution in [2.75, 3.05) is 0 Å². The summed E-state index contributed by atoms with van der Waals surface area (Å²) in [4.78, 5) is 4.64. The first-order valence-corrected chi connectivity index (χ1v) is 6.97. The highest BCUT2D eigenvalue weighted by Crippen LogP contribution is 2.30. The molecule has 0 radical (unpaired) electrons. The Morgan fingerprint density at radius 2 is 1.94 bits per heavy atom. The van der Waals surface area contributed by atoms with Crippen molar-refractivity contribution in [1.82, 2.24) is 0 Å². The zero-order valence-electron chi connectivity index (χ0n) is 10.8. The average Bonchev–Trinajstić information content (AvgIpc) is 2.38. The molecule has 0 aromatic carbocycles. The Balaban J connectivity index is 2.03. The zero-order chi connectivity index (χ0) is 12.1. The molecule has 2 heteroatoms. The van der Waals surface area contributed by atoms with Crippen LogP contribution in [-0.2, 0) is 0 Å². The van der Waals surface area contributed by atoms with Gasteiger partial charge in [0.1, 0.15) is 0 Å². The molecular formula is C15H22N2. The van der Waals surface area contributed by atoms with Crippen LogP contribution in [0.3, 0.4) is 0 Å². The lowest BCUT2D eigenvalue weighted by Crippen LogP contribution is -2.17. The van der Waals surface area contributed by atoms with Crippen molar-refractivity contribution in [2.24, 2.45) is 16.8 Å². The summed E-state index contributed by atoms with van der Waals surface area (Å²) < 4.78 is 0. The van der Waals surface area contributed by atoms with Crippen LogP contribution in [0.4, 0.5) is 0 Å². The van der Waals surface area contributed by atoms with Crippen molar-refractivity contribution < 1.29 is 0 Å². The molecule has 0 N–H and O–H groups in total. The van der Waals surface area contributed by atoms with Gasteiger partial charge in [-0.25, -0.2) is 0 Å². The number of nitrogens with zero attached hydrogens (tertiary/aromatic N) is 2.